The average molecular weight is 522 g/mol. The number of nitrogens with zero attached hydrogens (tertiary/aromatic N) is 2. The number of aromatic nitrogens is 2. The summed E-state index contributed by atoms with van der Waals surface area (Å²) in [6, 6.07) is 9.17. The van der Waals surface area contributed by atoms with Crippen LogP contribution in [-0.2, 0) is 4.74 Å². The summed E-state index contributed by atoms with van der Waals surface area (Å²) in [6.45, 7) is 14.0. The van der Waals surface area contributed by atoms with E-state index in [0.29, 0.717) is 61.2 Å². The summed E-state index contributed by atoms with van der Waals surface area (Å²) in [7, 11) is 0. The first-order chi connectivity index (χ1) is 18.3. The summed E-state index contributed by atoms with van der Waals surface area (Å²) >= 11 is 0. The lowest BCUT2D eigenvalue weighted by molar-refractivity contribution is 0.0601. The van der Waals surface area contributed by atoms with E-state index in [2.05, 4.69) is 17.1 Å². The van der Waals surface area contributed by atoms with Gasteiger partial charge in [-0.05, 0) is 82.3 Å². The van der Waals surface area contributed by atoms with Gasteiger partial charge in [0.2, 0.25) is 0 Å². The Kier molecular flexibility index (Phi) is 8.62. The van der Waals surface area contributed by atoms with Gasteiger partial charge in [-0.15, -0.1) is 0 Å². The van der Waals surface area contributed by atoms with Gasteiger partial charge in [0.1, 0.15) is 17.1 Å². The van der Waals surface area contributed by atoms with Crippen LogP contribution in [-0.4, -0.2) is 58.6 Å². The Bertz CT molecular complexity index is 1260. The molecule has 1 aliphatic heterocycles. The molecule has 1 aromatic heterocycles. The minimum absolute atomic E-state index is 0.123. The molecular weight excluding hydrogens is 482 g/mol. The molecule has 3 aromatic rings. The van der Waals surface area contributed by atoms with E-state index in [1.165, 1.54) is 0 Å². The summed E-state index contributed by atoms with van der Waals surface area (Å²) < 4.78 is 17.6. The number of carbonyl (C=O) groups is 1. The molecule has 1 atom stereocenters. The summed E-state index contributed by atoms with van der Waals surface area (Å²) in [6.07, 6.45) is 1.70. The maximum atomic E-state index is 13.7. The molecule has 38 heavy (non-hydrogen) atoms. The van der Waals surface area contributed by atoms with E-state index in [1.54, 1.807) is 6.07 Å². The van der Waals surface area contributed by atoms with Crippen molar-refractivity contribution in [2.45, 2.75) is 66.5 Å². The SMILES string of the molecule is CCCOc1ccc(C2c3c(-c4c(C)cc(C)cc4O)n[nH]c3C(=O)N2CCCOC(C)C)cc1OCC. The number of hydrogen-bond donors (Lipinski definition) is 2. The van der Waals surface area contributed by atoms with Gasteiger partial charge in [0.25, 0.3) is 5.91 Å². The van der Waals surface area contributed by atoms with Gasteiger partial charge in [-0.25, -0.2) is 0 Å². The highest BCUT2D eigenvalue weighted by molar-refractivity contribution is 6.00. The predicted octanol–water partition coefficient (Wildman–Crippen LogP) is 5.95. The third kappa shape index (κ3) is 5.50. The van der Waals surface area contributed by atoms with Crippen LogP contribution >= 0.6 is 0 Å². The molecule has 2 heterocycles. The normalized spacial score (nSPS) is 14.9. The Morgan fingerprint density at radius 2 is 1.87 bits per heavy atom. The van der Waals surface area contributed by atoms with Crippen LogP contribution in [0, 0.1) is 13.8 Å². The first-order valence-corrected chi connectivity index (χ1v) is 13.5. The third-order valence-electron chi connectivity index (χ3n) is 6.60. The van der Waals surface area contributed by atoms with Crippen LogP contribution in [0.15, 0.2) is 30.3 Å². The number of amides is 1. The highest BCUT2D eigenvalue weighted by atomic mass is 16.5. The second kappa shape index (κ2) is 11.9. The van der Waals surface area contributed by atoms with Crippen LogP contribution in [0.3, 0.4) is 0 Å². The summed E-state index contributed by atoms with van der Waals surface area (Å²) in [5.74, 6) is 1.34. The minimum Gasteiger partial charge on any atom is -0.507 e. The molecule has 1 unspecified atom stereocenters. The molecule has 2 N–H and O–H groups in total. The predicted molar refractivity (Wildman–Crippen MR) is 147 cm³/mol. The van der Waals surface area contributed by atoms with Crippen LogP contribution in [0.5, 0.6) is 17.2 Å². The highest BCUT2D eigenvalue weighted by Crippen LogP contribution is 2.46. The molecule has 8 nitrogen and oxygen atoms in total. The van der Waals surface area contributed by atoms with Crippen molar-refractivity contribution < 1.29 is 24.1 Å². The molecule has 204 valence electrons. The maximum Gasteiger partial charge on any atom is 0.273 e. The van der Waals surface area contributed by atoms with Crippen LogP contribution in [0.1, 0.15) is 79.3 Å². The van der Waals surface area contributed by atoms with Crippen molar-refractivity contribution in [3.63, 3.8) is 0 Å². The fourth-order valence-corrected chi connectivity index (χ4v) is 5.07. The first kappa shape index (κ1) is 27.5. The topological polar surface area (TPSA) is 96.9 Å². The largest absolute Gasteiger partial charge is 0.507 e. The number of nitrogens with one attached hydrogen (secondary N) is 1. The number of aromatic hydroxyl groups is 1. The number of benzene rings is 2. The zero-order valence-electron chi connectivity index (χ0n) is 23.3. The number of hydrogen-bond acceptors (Lipinski definition) is 6. The zero-order chi connectivity index (χ0) is 27.4. The van der Waals surface area contributed by atoms with E-state index >= 15 is 0 Å². The third-order valence-corrected chi connectivity index (χ3v) is 6.60. The fourth-order valence-electron chi connectivity index (χ4n) is 5.07. The van der Waals surface area contributed by atoms with Crippen LogP contribution in [0.4, 0.5) is 0 Å². The number of ether oxygens (including phenoxy) is 3. The Morgan fingerprint density at radius 3 is 2.55 bits per heavy atom. The van der Waals surface area contributed by atoms with Gasteiger partial charge in [-0.1, -0.05) is 19.1 Å². The van der Waals surface area contributed by atoms with Gasteiger partial charge in [0, 0.05) is 24.3 Å². The second-order valence-corrected chi connectivity index (χ2v) is 10.00. The molecule has 0 spiro atoms. The van der Waals surface area contributed by atoms with Crippen LogP contribution in [0.25, 0.3) is 11.3 Å². The van der Waals surface area contributed by atoms with E-state index in [1.807, 2.05) is 63.8 Å². The fraction of sp³-hybridized carbons (Fsp3) is 0.467. The van der Waals surface area contributed by atoms with Crippen molar-refractivity contribution in [3.05, 3.63) is 58.3 Å². The number of phenols is 1. The van der Waals surface area contributed by atoms with Crippen LogP contribution in [0.2, 0.25) is 0 Å². The van der Waals surface area contributed by atoms with Gasteiger partial charge in [-0.2, -0.15) is 5.10 Å². The Morgan fingerprint density at radius 1 is 1.08 bits per heavy atom. The molecule has 0 aliphatic carbocycles. The molecule has 2 aromatic carbocycles. The summed E-state index contributed by atoms with van der Waals surface area (Å²) in [5.41, 5.74) is 5.15. The van der Waals surface area contributed by atoms with Crippen molar-refractivity contribution in [1.29, 1.82) is 0 Å². The molecular formula is C30H39N3O5. The lowest BCUT2D eigenvalue weighted by Crippen LogP contribution is -2.31. The molecule has 1 amide bonds. The molecule has 1 aliphatic rings. The Labute approximate surface area is 224 Å². The molecule has 0 saturated heterocycles. The van der Waals surface area contributed by atoms with E-state index < -0.39 is 6.04 Å². The van der Waals surface area contributed by atoms with Crippen molar-refractivity contribution in [2.75, 3.05) is 26.4 Å². The molecule has 8 heteroatoms. The van der Waals surface area contributed by atoms with E-state index in [4.69, 9.17) is 14.2 Å². The molecule has 0 bridgehead atoms. The molecule has 0 radical (unpaired) electrons. The van der Waals surface area contributed by atoms with Gasteiger partial charge in [0.05, 0.1) is 25.4 Å². The molecule has 0 saturated carbocycles. The van der Waals surface area contributed by atoms with Crippen molar-refractivity contribution in [3.8, 4) is 28.5 Å². The van der Waals surface area contributed by atoms with Gasteiger partial charge < -0.3 is 24.2 Å². The number of aryl methyl sites for hydroxylation is 2. The summed E-state index contributed by atoms with van der Waals surface area (Å²) in [4.78, 5) is 15.5. The highest BCUT2D eigenvalue weighted by Gasteiger charge is 2.42. The standard InChI is InChI=1S/C30H39N3O5/c1-7-13-38-23-11-10-21(17-24(23)36-8-2)29-26-27(25-20(6)15-19(5)16-22(25)34)31-32-28(26)30(35)33(29)12-9-14-37-18(3)4/h10-11,15-18,29,34H,7-9,12-14H2,1-6H3,(H,31,32). The van der Waals surface area contributed by atoms with Crippen molar-refractivity contribution >= 4 is 5.91 Å². The van der Waals surface area contributed by atoms with Crippen molar-refractivity contribution in [1.82, 2.24) is 15.1 Å². The van der Waals surface area contributed by atoms with E-state index in [9.17, 15) is 9.90 Å². The summed E-state index contributed by atoms with van der Waals surface area (Å²) in [5, 5.41) is 18.4. The average Bonchev–Trinajstić information content (AvgIpc) is 3.39. The lowest BCUT2D eigenvalue weighted by atomic mass is 9.93. The lowest BCUT2D eigenvalue weighted by Gasteiger charge is -2.27. The minimum atomic E-state index is -0.412. The number of fused-ring (bicyclic) bond motifs is 1. The van der Waals surface area contributed by atoms with Crippen molar-refractivity contribution in [2.24, 2.45) is 0 Å². The number of phenolic OH excluding ortho intramolecular Hbond substituents is 1. The number of aromatic amines is 1. The van der Waals surface area contributed by atoms with Gasteiger partial charge in [-0.3, -0.25) is 9.89 Å². The van der Waals surface area contributed by atoms with E-state index in [0.717, 1.165) is 28.7 Å². The maximum absolute atomic E-state index is 13.7. The Hall–Kier alpha value is -3.52. The second-order valence-electron chi connectivity index (χ2n) is 10.00. The quantitative estimate of drug-likeness (QED) is 0.286. The van der Waals surface area contributed by atoms with Gasteiger partial charge in [0.15, 0.2) is 11.5 Å². The molecule has 0 fully saturated rings. The monoisotopic (exact) mass is 521 g/mol. The Balaban J connectivity index is 1.82. The van der Waals surface area contributed by atoms with Gasteiger partial charge >= 0.3 is 0 Å². The number of H-pyrrole nitrogens is 1. The van der Waals surface area contributed by atoms with E-state index in [-0.39, 0.29) is 17.8 Å². The molecule has 4 rings (SSSR count). The number of rotatable bonds is 12. The first-order valence-electron chi connectivity index (χ1n) is 13.5. The smallest absolute Gasteiger partial charge is 0.273 e. The van der Waals surface area contributed by atoms with Crippen LogP contribution < -0.4 is 9.47 Å². The number of carbonyl (C=O) groups excluding carboxylic acids is 1. The zero-order valence-corrected chi connectivity index (χ0v) is 23.3.